The van der Waals surface area contributed by atoms with Gasteiger partial charge in [-0.05, 0) is 48.7 Å². The minimum absolute atomic E-state index is 0.110. The van der Waals surface area contributed by atoms with Crippen LogP contribution in [0.1, 0.15) is 27.0 Å². The minimum atomic E-state index is -3.91. The molecule has 1 aliphatic rings. The van der Waals surface area contributed by atoms with E-state index in [2.05, 4.69) is 5.32 Å². The highest BCUT2D eigenvalue weighted by atomic mass is 32.2. The number of halogens is 1. The molecule has 1 heterocycles. The van der Waals surface area contributed by atoms with Crippen LogP contribution in [0.15, 0.2) is 71.6 Å². The summed E-state index contributed by atoms with van der Waals surface area (Å²) in [6.45, 7) is 2.49. The molecule has 0 atom stereocenters. The van der Waals surface area contributed by atoms with Crippen molar-refractivity contribution >= 4 is 21.6 Å². The van der Waals surface area contributed by atoms with Crippen molar-refractivity contribution in [2.45, 2.75) is 24.8 Å². The van der Waals surface area contributed by atoms with Crippen molar-refractivity contribution in [3.63, 3.8) is 0 Å². The van der Waals surface area contributed by atoms with E-state index in [9.17, 15) is 17.6 Å². The number of rotatable bonds is 5. The first-order valence-electron chi connectivity index (χ1n) is 9.60. The van der Waals surface area contributed by atoms with E-state index >= 15 is 0 Å². The van der Waals surface area contributed by atoms with Gasteiger partial charge in [0.15, 0.2) is 0 Å². The topological polar surface area (TPSA) is 66.5 Å². The van der Waals surface area contributed by atoms with E-state index in [1.165, 1.54) is 10.4 Å². The number of nitrogens with zero attached hydrogens (tertiary/aromatic N) is 1. The minimum Gasteiger partial charge on any atom is -0.348 e. The van der Waals surface area contributed by atoms with E-state index in [4.69, 9.17) is 0 Å². The van der Waals surface area contributed by atoms with Crippen molar-refractivity contribution in [1.82, 2.24) is 5.32 Å². The number of carbonyl (C=O) groups excluding carboxylic acids is 1. The van der Waals surface area contributed by atoms with Crippen LogP contribution >= 0.6 is 0 Å². The van der Waals surface area contributed by atoms with Crippen LogP contribution in [-0.2, 0) is 23.0 Å². The van der Waals surface area contributed by atoms with Crippen molar-refractivity contribution < 1.29 is 17.6 Å². The smallest absolute Gasteiger partial charge is 0.264 e. The van der Waals surface area contributed by atoms with Crippen molar-refractivity contribution in [2.75, 3.05) is 10.8 Å². The largest absolute Gasteiger partial charge is 0.348 e. The third-order valence-electron chi connectivity index (χ3n) is 5.19. The van der Waals surface area contributed by atoms with Crippen LogP contribution in [0.25, 0.3) is 0 Å². The highest BCUT2D eigenvalue weighted by molar-refractivity contribution is 7.92. The Morgan fingerprint density at radius 1 is 1.07 bits per heavy atom. The molecule has 0 saturated carbocycles. The van der Waals surface area contributed by atoms with Gasteiger partial charge in [0.05, 0.1) is 16.1 Å². The Morgan fingerprint density at radius 2 is 1.80 bits per heavy atom. The van der Waals surface area contributed by atoms with Gasteiger partial charge < -0.3 is 5.32 Å². The Kier molecular flexibility index (Phi) is 5.30. The summed E-state index contributed by atoms with van der Waals surface area (Å²) in [4.78, 5) is 12.4. The van der Waals surface area contributed by atoms with Crippen molar-refractivity contribution in [1.29, 1.82) is 0 Å². The maximum absolute atomic E-state index is 14.3. The number of benzene rings is 3. The van der Waals surface area contributed by atoms with Gasteiger partial charge >= 0.3 is 0 Å². The van der Waals surface area contributed by atoms with Crippen LogP contribution in [0.4, 0.5) is 10.1 Å². The number of hydrogen-bond acceptors (Lipinski definition) is 3. The molecule has 1 aliphatic heterocycles. The third kappa shape index (κ3) is 3.80. The second-order valence-corrected chi connectivity index (χ2v) is 9.13. The van der Waals surface area contributed by atoms with E-state index < -0.39 is 21.7 Å². The van der Waals surface area contributed by atoms with Gasteiger partial charge in [0.1, 0.15) is 5.82 Å². The van der Waals surface area contributed by atoms with Crippen LogP contribution in [0, 0.1) is 12.7 Å². The molecule has 30 heavy (non-hydrogen) atoms. The molecule has 5 nitrogen and oxygen atoms in total. The zero-order valence-electron chi connectivity index (χ0n) is 16.4. The number of amides is 1. The molecule has 0 bridgehead atoms. The second-order valence-electron chi connectivity index (χ2n) is 7.27. The van der Waals surface area contributed by atoms with Gasteiger partial charge in [-0.15, -0.1) is 0 Å². The van der Waals surface area contributed by atoms with E-state index in [0.717, 1.165) is 28.8 Å². The Bertz CT molecular complexity index is 1210. The lowest BCUT2D eigenvalue weighted by atomic mass is 10.1. The monoisotopic (exact) mass is 424 g/mol. The summed E-state index contributed by atoms with van der Waals surface area (Å²) >= 11 is 0. The standard InChI is InChI=1S/C23H21FN2O3S/c1-16-6-8-17(9-7-16)15-25-23(27)20-14-19(10-11-21(20)24)30(28,29)26-13-12-18-4-2-3-5-22(18)26/h2-11,14H,12-13,15H2,1H3,(H,25,27). The summed E-state index contributed by atoms with van der Waals surface area (Å²) in [6.07, 6.45) is 0.612. The molecule has 0 radical (unpaired) electrons. The van der Waals surface area contributed by atoms with Gasteiger partial charge in [-0.1, -0.05) is 48.0 Å². The molecule has 0 aromatic heterocycles. The molecule has 0 fully saturated rings. The first-order chi connectivity index (χ1) is 14.4. The number of aryl methyl sites for hydroxylation is 1. The summed E-state index contributed by atoms with van der Waals surface area (Å²) in [5.74, 6) is -1.43. The molecule has 3 aromatic rings. The van der Waals surface area contributed by atoms with Gasteiger partial charge in [-0.2, -0.15) is 0 Å². The SMILES string of the molecule is Cc1ccc(CNC(=O)c2cc(S(=O)(=O)N3CCc4ccccc43)ccc2F)cc1. The van der Waals surface area contributed by atoms with Crippen LogP contribution in [0.3, 0.4) is 0 Å². The van der Waals surface area contributed by atoms with Crippen LogP contribution in [0.2, 0.25) is 0 Å². The summed E-state index contributed by atoms with van der Waals surface area (Å²) in [6, 6.07) is 18.2. The number of carbonyl (C=O) groups is 1. The Balaban J connectivity index is 1.58. The number of sulfonamides is 1. The van der Waals surface area contributed by atoms with Gasteiger partial charge in [0.2, 0.25) is 0 Å². The molecule has 0 aliphatic carbocycles. The van der Waals surface area contributed by atoms with Gasteiger partial charge in [0, 0.05) is 13.1 Å². The van der Waals surface area contributed by atoms with Crippen molar-refractivity contribution in [3.05, 3.63) is 94.8 Å². The predicted molar refractivity (Wildman–Crippen MR) is 113 cm³/mol. The summed E-state index contributed by atoms with van der Waals surface area (Å²) in [5.41, 5.74) is 3.23. The summed E-state index contributed by atoms with van der Waals surface area (Å²) in [7, 11) is -3.91. The van der Waals surface area contributed by atoms with Gasteiger partial charge in [0.25, 0.3) is 15.9 Å². The molecule has 1 amide bonds. The molecule has 0 spiro atoms. The van der Waals surface area contributed by atoms with Gasteiger partial charge in [-0.3, -0.25) is 9.10 Å². The van der Waals surface area contributed by atoms with E-state index in [0.29, 0.717) is 18.7 Å². The second kappa shape index (κ2) is 7.91. The quantitative estimate of drug-likeness (QED) is 0.677. The van der Waals surface area contributed by atoms with Crippen LogP contribution < -0.4 is 9.62 Å². The lowest BCUT2D eigenvalue weighted by Crippen LogP contribution is -2.30. The fourth-order valence-electron chi connectivity index (χ4n) is 3.51. The molecule has 0 saturated heterocycles. The Morgan fingerprint density at radius 3 is 2.57 bits per heavy atom. The highest BCUT2D eigenvalue weighted by Crippen LogP contribution is 2.33. The maximum Gasteiger partial charge on any atom is 0.264 e. The van der Waals surface area contributed by atoms with Crippen molar-refractivity contribution in [2.24, 2.45) is 0 Å². The normalized spacial score (nSPS) is 13.2. The fourth-order valence-corrected chi connectivity index (χ4v) is 5.04. The number of nitrogens with one attached hydrogen (secondary N) is 1. The first-order valence-corrected chi connectivity index (χ1v) is 11.0. The molecule has 3 aromatic carbocycles. The first kappa shape index (κ1) is 20.1. The number of anilines is 1. The van der Waals surface area contributed by atoms with Crippen molar-refractivity contribution in [3.8, 4) is 0 Å². The van der Waals surface area contributed by atoms with E-state index in [-0.39, 0.29) is 17.0 Å². The molecule has 7 heteroatoms. The highest BCUT2D eigenvalue weighted by Gasteiger charge is 2.31. The summed E-state index contributed by atoms with van der Waals surface area (Å²) < 4.78 is 42.0. The van der Waals surface area contributed by atoms with E-state index in [1.807, 2.05) is 43.3 Å². The molecular weight excluding hydrogens is 403 g/mol. The molecule has 1 N–H and O–H groups in total. The van der Waals surface area contributed by atoms with E-state index in [1.54, 1.807) is 12.1 Å². The third-order valence-corrected chi connectivity index (χ3v) is 7.00. The van der Waals surface area contributed by atoms with Gasteiger partial charge in [-0.25, -0.2) is 12.8 Å². The number of hydrogen-bond donors (Lipinski definition) is 1. The molecule has 4 rings (SSSR count). The zero-order valence-corrected chi connectivity index (χ0v) is 17.2. The fraction of sp³-hybridized carbons (Fsp3) is 0.174. The number of fused-ring (bicyclic) bond motifs is 1. The zero-order chi connectivity index (χ0) is 21.3. The lowest BCUT2D eigenvalue weighted by Gasteiger charge is -2.20. The summed E-state index contributed by atoms with van der Waals surface area (Å²) in [5, 5.41) is 2.65. The predicted octanol–water partition coefficient (Wildman–Crippen LogP) is 3.82. The molecule has 154 valence electrons. The number of para-hydroxylation sites is 1. The Hall–Kier alpha value is -3.19. The average Bonchev–Trinajstić information content (AvgIpc) is 3.18. The Labute approximate surface area is 175 Å². The van der Waals surface area contributed by atoms with Crippen LogP contribution in [0.5, 0.6) is 0 Å². The molecular formula is C23H21FN2O3S. The lowest BCUT2D eigenvalue weighted by molar-refractivity contribution is 0.0946. The molecule has 0 unspecified atom stereocenters. The maximum atomic E-state index is 14.3. The average molecular weight is 424 g/mol. The van der Waals surface area contributed by atoms with Crippen LogP contribution in [-0.4, -0.2) is 20.9 Å².